The highest BCUT2D eigenvalue weighted by molar-refractivity contribution is 7.06. The van der Waals surface area contributed by atoms with Crippen LogP contribution in [0.25, 0.3) is 0 Å². The van der Waals surface area contributed by atoms with E-state index in [9.17, 15) is 14.4 Å². The number of hydrogen-bond donors (Lipinski definition) is 2. The van der Waals surface area contributed by atoms with Gasteiger partial charge in [0.25, 0.3) is 0 Å². The molecule has 0 aliphatic heterocycles. The number of nitrogens with one attached hydrogen (secondary N) is 1. The zero-order chi connectivity index (χ0) is 12.0. The Labute approximate surface area is 94.8 Å². The van der Waals surface area contributed by atoms with Crippen LogP contribution in [0.2, 0.25) is 0 Å². The first kappa shape index (κ1) is 12.4. The molecule has 88 valence electrons. The summed E-state index contributed by atoms with van der Waals surface area (Å²) in [6.45, 7) is 0.457. The number of aromatic nitrogens is 2. The molecule has 0 unspecified atom stereocenters. The van der Waals surface area contributed by atoms with Gasteiger partial charge in [0, 0.05) is 12.6 Å². The highest BCUT2D eigenvalue weighted by atomic mass is 32.1. The number of aryl methyl sites for hydroxylation is 1. The van der Waals surface area contributed by atoms with Crippen LogP contribution in [0.3, 0.4) is 0 Å². The van der Waals surface area contributed by atoms with Gasteiger partial charge in [-0.2, -0.15) is 0 Å². The topological polar surface area (TPSA) is 92.2 Å². The van der Waals surface area contributed by atoms with Gasteiger partial charge in [-0.1, -0.05) is 6.08 Å². The zero-order valence-corrected chi connectivity index (χ0v) is 9.33. The fraction of sp³-hybridized carbons (Fsp3) is 0.444. The minimum atomic E-state index is -0.960. The van der Waals surface area contributed by atoms with Gasteiger partial charge in [0.2, 0.25) is 0 Å². The Bertz CT molecular complexity index is 482. The van der Waals surface area contributed by atoms with E-state index in [-0.39, 0.29) is 9.75 Å². The van der Waals surface area contributed by atoms with Crippen molar-refractivity contribution in [3.8, 4) is 0 Å². The molecule has 0 aliphatic carbocycles. The number of aromatic amines is 1. The Morgan fingerprint density at radius 3 is 2.75 bits per heavy atom. The largest absolute Gasteiger partial charge is 0.478 e. The number of allylic oxidation sites excluding steroid dienone is 1. The molecule has 16 heavy (non-hydrogen) atoms. The van der Waals surface area contributed by atoms with Gasteiger partial charge in [-0.15, -0.1) is 0 Å². The Morgan fingerprint density at radius 1 is 1.44 bits per heavy atom. The van der Waals surface area contributed by atoms with Crippen molar-refractivity contribution in [3.63, 3.8) is 0 Å². The van der Waals surface area contributed by atoms with Crippen LogP contribution in [0.15, 0.2) is 21.7 Å². The molecule has 1 heterocycles. The summed E-state index contributed by atoms with van der Waals surface area (Å²) in [6, 6.07) is 0. The van der Waals surface area contributed by atoms with Crippen molar-refractivity contribution >= 4 is 17.3 Å². The van der Waals surface area contributed by atoms with Gasteiger partial charge >= 0.3 is 15.7 Å². The van der Waals surface area contributed by atoms with Gasteiger partial charge in [0.1, 0.15) is 0 Å². The van der Waals surface area contributed by atoms with Crippen LogP contribution in [0.1, 0.15) is 19.3 Å². The summed E-state index contributed by atoms with van der Waals surface area (Å²) in [5, 5.41) is 10.7. The first-order valence-electron chi connectivity index (χ1n) is 4.79. The minimum Gasteiger partial charge on any atom is -0.478 e. The zero-order valence-electron chi connectivity index (χ0n) is 8.51. The lowest BCUT2D eigenvalue weighted by Crippen LogP contribution is -2.15. The number of hydrogen-bond acceptors (Lipinski definition) is 4. The molecule has 0 atom stereocenters. The van der Waals surface area contributed by atoms with Crippen LogP contribution in [-0.2, 0) is 11.3 Å². The molecule has 0 saturated heterocycles. The second-order valence-corrected chi connectivity index (χ2v) is 4.08. The van der Waals surface area contributed by atoms with Crippen LogP contribution in [0.5, 0.6) is 0 Å². The highest BCUT2D eigenvalue weighted by Crippen LogP contribution is 1.98. The Morgan fingerprint density at radius 2 is 2.19 bits per heavy atom. The summed E-state index contributed by atoms with van der Waals surface area (Å²) in [5.74, 6) is -0.960. The standard InChI is InChI=1S/C9H12N2O4S/c12-7(13)5-3-1-2-4-6-11-9(15)16-8(14)10-11/h3,5H,1-2,4,6H2,(H,10,14)(H,12,13). The van der Waals surface area contributed by atoms with E-state index in [0.29, 0.717) is 24.3 Å². The molecular weight excluding hydrogens is 232 g/mol. The molecular formula is C9H12N2O4S. The van der Waals surface area contributed by atoms with Gasteiger partial charge in [-0.25, -0.2) is 9.48 Å². The van der Waals surface area contributed by atoms with E-state index >= 15 is 0 Å². The molecule has 0 aromatic carbocycles. The Balaban J connectivity index is 2.26. The summed E-state index contributed by atoms with van der Waals surface area (Å²) < 4.78 is 1.27. The highest BCUT2D eigenvalue weighted by Gasteiger charge is 1.99. The lowest BCUT2D eigenvalue weighted by atomic mass is 10.2. The van der Waals surface area contributed by atoms with E-state index in [0.717, 1.165) is 18.9 Å². The molecule has 6 nitrogen and oxygen atoms in total. The average molecular weight is 244 g/mol. The Hall–Kier alpha value is -1.63. The lowest BCUT2D eigenvalue weighted by molar-refractivity contribution is -0.131. The fourth-order valence-electron chi connectivity index (χ4n) is 1.18. The predicted octanol–water partition coefficient (Wildman–Crippen LogP) is 0.409. The van der Waals surface area contributed by atoms with Crippen molar-refractivity contribution in [2.45, 2.75) is 25.8 Å². The molecule has 1 aromatic heterocycles. The maximum atomic E-state index is 11.1. The number of nitrogens with zero attached hydrogens (tertiary/aromatic N) is 1. The van der Waals surface area contributed by atoms with E-state index in [1.54, 1.807) is 6.08 Å². The van der Waals surface area contributed by atoms with Crippen molar-refractivity contribution in [1.29, 1.82) is 0 Å². The van der Waals surface area contributed by atoms with Crippen molar-refractivity contribution in [2.24, 2.45) is 0 Å². The third kappa shape index (κ3) is 4.26. The number of unbranched alkanes of at least 4 members (excludes halogenated alkanes) is 2. The second kappa shape index (κ2) is 6.06. The van der Waals surface area contributed by atoms with Gasteiger partial charge in [0.15, 0.2) is 0 Å². The molecule has 0 saturated carbocycles. The summed E-state index contributed by atoms with van der Waals surface area (Å²) in [7, 11) is 0. The van der Waals surface area contributed by atoms with Crippen LogP contribution in [0.4, 0.5) is 0 Å². The summed E-state index contributed by atoms with van der Waals surface area (Å²) in [5.41, 5.74) is 0. The molecule has 0 aliphatic rings. The molecule has 0 bridgehead atoms. The minimum absolute atomic E-state index is 0.286. The predicted molar refractivity (Wildman–Crippen MR) is 59.8 cm³/mol. The quantitative estimate of drug-likeness (QED) is 0.560. The molecule has 7 heteroatoms. The van der Waals surface area contributed by atoms with Gasteiger partial charge in [0.05, 0.1) is 0 Å². The third-order valence-corrected chi connectivity index (χ3v) is 2.56. The lowest BCUT2D eigenvalue weighted by Gasteiger charge is -1.98. The monoisotopic (exact) mass is 244 g/mol. The van der Waals surface area contributed by atoms with E-state index < -0.39 is 5.97 Å². The smallest absolute Gasteiger partial charge is 0.327 e. The summed E-state index contributed by atoms with van der Waals surface area (Å²) in [4.78, 5) is 31.4. The average Bonchev–Trinajstić information content (AvgIpc) is 2.50. The number of H-pyrrole nitrogens is 1. The molecule has 0 radical (unpaired) electrons. The van der Waals surface area contributed by atoms with Crippen LogP contribution >= 0.6 is 11.3 Å². The fourth-order valence-corrected chi connectivity index (χ4v) is 1.74. The Kier molecular flexibility index (Phi) is 4.71. The number of carbonyl (C=O) groups is 1. The summed E-state index contributed by atoms with van der Waals surface area (Å²) >= 11 is 0.646. The number of carboxylic acids is 1. The number of rotatable bonds is 6. The SMILES string of the molecule is O=C(O)C=CCCCCn1[nH]c(=O)sc1=O. The normalized spacial score (nSPS) is 11.0. The van der Waals surface area contributed by atoms with Crippen molar-refractivity contribution < 1.29 is 9.90 Å². The van der Waals surface area contributed by atoms with Crippen LogP contribution in [0, 0.1) is 0 Å². The molecule has 2 N–H and O–H groups in total. The molecule has 1 rings (SSSR count). The maximum absolute atomic E-state index is 11.1. The van der Waals surface area contributed by atoms with E-state index in [4.69, 9.17) is 5.11 Å². The third-order valence-electron chi connectivity index (χ3n) is 1.89. The van der Waals surface area contributed by atoms with Gasteiger partial charge < -0.3 is 5.11 Å². The van der Waals surface area contributed by atoms with Crippen molar-refractivity contribution in [3.05, 3.63) is 31.5 Å². The maximum Gasteiger partial charge on any atom is 0.327 e. The molecule has 1 aromatic rings. The van der Waals surface area contributed by atoms with Crippen molar-refractivity contribution in [1.82, 2.24) is 9.78 Å². The second-order valence-electron chi connectivity index (χ2n) is 3.16. The van der Waals surface area contributed by atoms with Gasteiger partial charge in [-0.05, 0) is 30.6 Å². The first-order valence-corrected chi connectivity index (χ1v) is 5.60. The molecule has 0 fully saturated rings. The van der Waals surface area contributed by atoms with Gasteiger partial charge in [-0.3, -0.25) is 14.7 Å². The first-order chi connectivity index (χ1) is 7.59. The molecule has 0 amide bonds. The van der Waals surface area contributed by atoms with Crippen LogP contribution in [-0.4, -0.2) is 20.9 Å². The van der Waals surface area contributed by atoms with Crippen molar-refractivity contribution in [2.75, 3.05) is 0 Å². The summed E-state index contributed by atoms with van der Waals surface area (Å²) in [6.07, 6.45) is 4.81. The number of carboxylic acid groups (broad SMARTS) is 1. The number of aliphatic carboxylic acids is 1. The van der Waals surface area contributed by atoms with E-state index in [1.807, 2.05) is 0 Å². The van der Waals surface area contributed by atoms with E-state index in [2.05, 4.69) is 5.10 Å². The molecule has 0 spiro atoms. The van der Waals surface area contributed by atoms with E-state index in [1.165, 1.54) is 4.68 Å². The van der Waals surface area contributed by atoms with Crippen LogP contribution < -0.4 is 9.75 Å².